The summed E-state index contributed by atoms with van der Waals surface area (Å²) < 4.78 is 4.79. The van der Waals surface area contributed by atoms with Crippen LogP contribution in [-0.2, 0) is 16.0 Å². The number of nitrogens with two attached hydrogens (primary N) is 1. The highest BCUT2D eigenvalue weighted by Gasteiger charge is 2.14. The zero-order valence-electron chi connectivity index (χ0n) is 7.53. The van der Waals surface area contributed by atoms with Gasteiger partial charge in [0.05, 0.1) is 6.61 Å². The molecule has 0 amide bonds. The standard InChI is InChI=1S/C9H13NO2S/c1-2-12-9(11)8(10)5-7-3-4-13-6-7/h3-4,6,8H,2,5,10H2,1H3. The van der Waals surface area contributed by atoms with Crippen LogP contribution in [0.1, 0.15) is 12.5 Å². The lowest BCUT2D eigenvalue weighted by molar-refractivity contribution is -0.144. The fourth-order valence-electron chi connectivity index (χ4n) is 0.995. The maximum absolute atomic E-state index is 11.1. The van der Waals surface area contributed by atoms with Crippen molar-refractivity contribution in [2.45, 2.75) is 19.4 Å². The smallest absolute Gasteiger partial charge is 0.323 e. The lowest BCUT2D eigenvalue weighted by atomic mass is 10.1. The highest BCUT2D eigenvalue weighted by molar-refractivity contribution is 7.07. The molecule has 1 unspecified atom stereocenters. The molecular formula is C9H13NO2S. The van der Waals surface area contributed by atoms with Crippen molar-refractivity contribution in [3.8, 4) is 0 Å². The van der Waals surface area contributed by atoms with Crippen molar-refractivity contribution in [3.05, 3.63) is 22.4 Å². The third-order valence-corrected chi connectivity index (χ3v) is 2.36. The van der Waals surface area contributed by atoms with E-state index in [-0.39, 0.29) is 5.97 Å². The second kappa shape index (κ2) is 4.99. The first-order valence-electron chi connectivity index (χ1n) is 4.17. The molecule has 2 N–H and O–H groups in total. The number of esters is 1. The summed E-state index contributed by atoms with van der Waals surface area (Å²) in [6.07, 6.45) is 0.558. The van der Waals surface area contributed by atoms with E-state index in [0.29, 0.717) is 13.0 Å². The fraction of sp³-hybridized carbons (Fsp3) is 0.444. The number of thiophene rings is 1. The average molecular weight is 199 g/mol. The highest BCUT2D eigenvalue weighted by Crippen LogP contribution is 2.08. The molecule has 13 heavy (non-hydrogen) atoms. The number of carbonyl (C=O) groups excluding carboxylic acids is 1. The largest absolute Gasteiger partial charge is 0.465 e. The normalized spacial score (nSPS) is 12.5. The molecule has 0 saturated heterocycles. The Morgan fingerprint density at radius 3 is 3.08 bits per heavy atom. The SMILES string of the molecule is CCOC(=O)C(N)Cc1ccsc1. The minimum Gasteiger partial charge on any atom is -0.465 e. The van der Waals surface area contributed by atoms with Crippen LogP contribution in [0.4, 0.5) is 0 Å². The molecule has 0 bridgehead atoms. The van der Waals surface area contributed by atoms with Crippen LogP contribution in [0.15, 0.2) is 16.8 Å². The summed E-state index contributed by atoms with van der Waals surface area (Å²) in [6, 6.07) is 1.43. The third kappa shape index (κ3) is 3.16. The molecule has 4 heteroatoms. The summed E-state index contributed by atoms with van der Waals surface area (Å²) in [5, 5.41) is 3.95. The van der Waals surface area contributed by atoms with Crippen LogP contribution in [0, 0.1) is 0 Å². The number of hydrogen-bond acceptors (Lipinski definition) is 4. The van der Waals surface area contributed by atoms with Gasteiger partial charge >= 0.3 is 5.97 Å². The van der Waals surface area contributed by atoms with Crippen LogP contribution in [0.5, 0.6) is 0 Å². The molecule has 0 spiro atoms. The number of hydrogen-bond donors (Lipinski definition) is 1. The zero-order chi connectivity index (χ0) is 9.68. The fourth-order valence-corrected chi connectivity index (χ4v) is 1.68. The van der Waals surface area contributed by atoms with Gasteiger partial charge in [0.2, 0.25) is 0 Å². The predicted octanol–water partition coefficient (Wildman–Crippen LogP) is 1.18. The Labute approximate surface area is 81.5 Å². The summed E-state index contributed by atoms with van der Waals surface area (Å²) in [4.78, 5) is 11.1. The van der Waals surface area contributed by atoms with E-state index < -0.39 is 6.04 Å². The van der Waals surface area contributed by atoms with E-state index in [2.05, 4.69) is 0 Å². The Hall–Kier alpha value is -0.870. The Morgan fingerprint density at radius 1 is 1.77 bits per heavy atom. The Morgan fingerprint density at radius 2 is 2.54 bits per heavy atom. The number of ether oxygens (including phenoxy) is 1. The van der Waals surface area contributed by atoms with Gasteiger partial charge in [0.25, 0.3) is 0 Å². The van der Waals surface area contributed by atoms with Crippen LogP contribution in [-0.4, -0.2) is 18.6 Å². The van der Waals surface area contributed by atoms with Crippen molar-refractivity contribution in [1.82, 2.24) is 0 Å². The van der Waals surface area contributed by atoms with Crippen molar-refractivity contribution < 1.29 is 9.53 Å². The van der Waals surface area contributed by atoms with Gasteiger partial charge < -0.3 is 10.5 Å². The molecule has 0 aliphatic carbocycles. The predicted molar refractivity (Wildman–Crippen MR) is 52.6 cm³/mol. The molecule has 1 atom stereocenters. The van der Waals surface area contributed by atoms with Crippen LogP contribution in [0.3, 0.4) is 0 Å². The third-order valence-electron chi connectivity index (χ3n) is 1.63. The van der Waals surface area contributed by atoms with Crippen molar-refractivity contribution >= 4 is 17.3 Å². The molecule has 0 aliphatic rings. The summed E-state index contributed by atoms with van der Waals surface area (Å²) in [6.45, 7) is 2.16. The maximum atomic E-state index is 11.1. The van der Waals surface area contributed by atoms with E-state index in [1.807, 2.05) is 16.8 Å². The van der Waals surface area contributed by atoms with E-state index in [1.54, 1.807) is 18.3 Å². The molecule has 1 rings (SSSR count). The van der Waals surface area contributed by atoms with Crippen molar-refractivity contribution in [2.75, 3.05) is 6.61 Å². The first-order chi connectivity index (χ1) is 6.24. The number of carbonyl (C=O) groups is 1. The van der Waals surface area contributed by atoms with E-state index >= 15 is 0 Å². The lowest BCUT2D eigenvalue weighted by Gasteiger charge is -2.08. The molecule has 0 radical (unpaired) electrons. The summed E-state index contributed by atoms with van der Waals surface area (Å²) >= 11 is 1.60. The van der Waals surface area contributed by atoms with Crippen molar-refractivity contribution in [2.24, 2.45) is 5.73 Å². The number of rotatable bonds is 4. The monoisotopic (exact) mass is 199 g/mol. The van der Waals surface area contributed by atoms with E-state index in [0.717, 1.165) is 5.56 Å². The molecule has 3 nitrogen and oxygen atoms in total. The molecule has 0 aliphatic heterocycles. The van der Waals surface area contributed by atoms with Gasteiger partial charge in [0, 0.05) is 0 Å². The highest BCUT2D eigenvalue weighted by atomic mass is 32.1. The van der Waals surface area contributed by atoms with Crippen molar-refractivity contribution in [3.63, 3.8) is 0 Å². The summed E-state index contributed by atoms with van der Waals surface area (Å²) in [5.74, 6) is -0.325. The van der Waals surface area contributed by atoms with Gasteiger partial charge in [-0.1, -0.05) is 0 Å². The van der Waals surface area contributed by atoms with E-state index in [1.165, 1.54) is 0 Å². The molecule has 0 aromatic carbocycles. The second-order valence-corrected chi connectivity index (χ2v) is 3.47. The van der Waals surface area contributed by atoms with E-state index in [9.17, 15) is 4.79 Å². The van der Waals surface area contributed by atoms with Gasteiger partial charge in [-0.25, -0.2) is 0 Å². The maximum Gasteiger partial charge on any atom is 0.323 e. The van der Waals surface area contributed by atoms with Gasteiger partial charge in [-0.05, 0) is 35.7 Å². The Kier molecular flexibility index (Phi) is 3.92. The van der Waals surface area contributed by atoms with Gasteiger partial charge in [0.1, 0.15) is 6.04 Å². The van der Waals surface area contributed by atoms with Gasteiger partial charge in [0.15, 0.2) is 0 Å². The van der Waals surface area contributed by atoms with Crippen LogP contribution in [0.25, 0.3) is 0 Å². The molecular weight excluding hydrogens is 186 g/mol. The van der Waals surface area contributed by atoms with Gasteiger partial charge in [-0.3, -0.25) is 4.79 Å². The van der Waals surface area contributed by atoms with E-state index in [4.69, 9.17) is 10.5 Å². The molecule has 72 valence electrons. The average Bonchev–Trinajstić information content (AvgIpc) is 2.57. The summed E-state index contributed by atoms with van der Waals surface area (Å²) in [5.41, 5.74) is 6.71. The molecule has 0 saturated carbocycles. The topological polar surface area (TPSA) is 52.3 Å². The van der Waals surface area contributed by atoms with Crippen LogP contribution < -0.4 is 5.73 Å². The zero-order valence-corrected chi connectivity index (χ0v) is 8.34. The Bertz CT molecular complexity index is 259. The first kappa shape index (κ1) is 10.2. The summed E-state index contributed by atoms with van der Waals surface area (Å²) in [7, 11) is 0. The minimum atomic E-state index is -0.533. The van der Waals surface area contributed by atoms with Crippen LogP contribution in [0.2, 0.25) is 0 Å². The first-order valence-corrected chi connectivity index (χ1v) is 5.11. The quantitative estimate of drug-likeness (QED) is 0.741. The Balaban J connectivity index is 2.41. The van der Waals surface area contributed by atoms with Gasteiger partial charge in [-0.2, -0.15) is 11.3 Å². The molecule has 0 fully saturated rings. The molecule has 1 aromatic rings. The minimum absolute atomic E-state index is 0.325. The van der Waals surface area contributed by atoms with Crippen molar-refractivity contribution in [1.29, 1.82) is 0 Å². The molecule has 1 heterocycles. The van der Waals surface area contributed by atoms with Gasteiger partial charge in [-0.15, -0.1) is 0 Å². The van der Waals surface area contributed by atoms with Crippen LogP contribution >= 0.6 is 11.3 Å². The lowest BCUT2D eigenvalue weighted by Crippen LogP contribution is -2.34. The molecule has 1 aromatic heterocycles. The second-order valence-electron chi connectivity index (χ2n) is 2.69.